The smallest absolute Gasteiger partial charge is 0.134 e. The first kappa shape index (κ1) is 13.0. The Labute approximate surface area is 111 Å². The fourth-order valence-corrected chi connectivity index (χ4v) is 1.62. The minimum Gasteiger partial charge on any atom is -0.497 e. The molecule has 0 amide bonds. The van der Waals surface area contributed by atoms with E-state index in [1.807, 2.05) is 42.5 Å². The summed E-state index contributed by atoms with van der Waals surface area (Å²) in [5.41, 5.74) is 1.31. The Bertz CT molecular complexity index is 535. The predicted octanol–water partition coefficient (Wildman–Crippen LogP) is 2.95. The summed E-state index contributed by atoms with van der Waals surface area (Å²) in [7, 11) is 1.61. The summed E-state index contributed by atoms with van der Waals surface area (Å²) in [5.74, 6) is 1.46. The Morgan fingerprint density at radius 1 is 1.00 bits per heavy atom. The summed E-state index contributed by atoms with van der Waals surface area (Å²) in [5, 5.41) is 12.3. The van der Waals surface area contributed by atoms with Crippen LogP contribution in [-0.2, 0) is 0 Å². The van der Waals surface area contributed by atoms with Crippen LogP contribution in [0, 0.1) is 0 Å². The van der Waals surface area contributed by atoms with Crippen LogP contribution in [0.25, 0.3) is 0 Å². The zero-order chi connectivity index (χ0) is 13.5. The minimum atomic E-state index is 0.201. The number of ether oxygens (including phenoxy) is 2. The molecular weight excluding hydrogens is 242 g/mol. The van der Waals surface area contributed by atoms with Crippen LogP contribution in [0.15, 0.2) is 59.8 Å². The van der Waals surface area contributed by atoms with E-state index in [1.54, 1.807) is 19.2 Å². The normalized spacial score (nSPS) is 11.1. The summed E-state index contributed by atoms with van der Waals surface area (Å²) < 4.78 is 10.6. The summed E-state index contributed by atoms with van der Waals surface area (Å²) in [6.45, 7) is 0.201. The molecule has 0 saturated heterocycles. The van der Waals surface area contributed by atoms with E-state index in [0.29, 0.717) is 11.5 Å². The zero-order valence-electron chi connectivity index (χ0n) is 10.6. The van der Waals surface area contributed by atoms with E-state index < -0.39 is 0 Å². The van der Waals surface area contributed by atoms with Gasteiger partial charge in [0.1, 0.15) is 23.8 Å². The lowest BCUT2D eigenvalue weighted by molar-refractivity contribution is 0.308. The fraction of sp³-hybridized carbons (Fsp3) is 0.133. The number of methoxy groups -OCH3 is 1. The monoisotopic (exact) mass is 257 g/mol. The molecule has 0 unspecified atom stereocenters. The van der Waals surface area contributed by atoms with Gasteiger partial charge in [-0.3, -0.25) is 0 Å². The number of rotatable bonds is 5. The fourth-order valence-electron chi connectivity index (χ4n) is 1.62. The molecule has 0 radical (unpaired) electrons. The Morgan fingerprint density at radius 2 is 1.63 bits per heavy atom. The average molecular weight is 257 g/mol. The first-order chi connectivity index (χ1) is 9.33. The molecule has 98 valence electrons. The summed E-state index contributed by atoms with van der Waals surface area (Å²) in [6.07, 6.45) is 0. The van der Waals surface area contributed by atoms with Crippen molar-refractivity contribution in [3.63, 3.8) is 0 Å². The van der Waals surface area contributed by atoms with Gasteiger partial charge in [-0.05, 0) is 24.3 Å². The van der Waals surface area contributed by atoms with Gasteiger partial charge in [-0.2, -0.15) is 0 Å². The van der Waals surface area contributed by atoms with Gasteiger partial charge < -0.3 is 14.7 Å². The van der Waals surface area contributed by atoms with Crippen molar-refractivity contribution in [1.29, 1.82) is 0 Å². The zero-order valence-corrected chi connectivity index (χ0v) is 10.6. The van der Waals surface area contributed by atoms with Crippen molar-refractivity contribution in [3.05, 3.63) is 60.2 Å². The van der Waals surface area contributed by atoms with Crippen molar-refractivity contribution in [2.24, 2.45) is 5.16 Å². The lowest BCUT2D eigenvalue weighted by atomic mass is 10.1. The molecule has 0 aliphatic rings. The van der Waals surface area contributed by atoms with Gasteiger partial charge in [0.25, 0.3) is 0 Å². The van der Waals surface area contributed by atoms with Gasteiger partial charge in [-0.25, -0.2) is 0 Å². The van der Waals surface area contributed by atoms with Gasteiger partial charge in [-0.1, -0.05) is 35.5 Å². The molecule has 0 heterocycles. The summed E-state index contributed by atoms with van der Waals surface area (Å²) in [4.78, 5) is 0. The van der Waals surface area contributed by atoms with Crippen LogP contribution in [0.4, 0.5) is 0 Å². The van der Waals surface area contributed by atoms with Crippen LogP contribution in [-0.4, -0.2) is 24.6 Å². The minimum absolute atomic E-state index is 0.201. The number of benzene rings is 2. The Hall–Kier alpha value is -2.49. The molecule has 0 spiro atoms. The summed E-state index contributed by atoms with van der Waals surface area (Å²) in [6, 6.07) is 16.6. The van der Waals surface area contributed by atoms with Gasteiger partial charge >= 0.3 is 0 Å². The van der Waals surface area contributed by atoms with Crippen molar-refractivity contribution >= 4 is 5.71 Å². The molecule has 19 heavy (non-hydrogen) atoms. The maximum Gasteiger partial charge on any atom is 0.134 e. The standard InChI is InChI=1S/C15H15NO3/c1-18-13-7-9-14(10-8-13)19-11-15(16-17)12-5-3-2-4-6-12/h2-10,17H,11H2,1H3/b16-15+. The van der Waals surface area contributed by atoms with Crippen molar-refractivity contribution in [2.45, 2.75) is 0 Å². The highest BCUT2D eigenvalue weighted by atomic mass is 16.5. The lowest BCUT2D eigenvalue weighted by Crippen LogP contribution is -2.12. The molecule has 2 aromatic rings. The number of oxime groups is 1. The molecule has 0 bridgehead atoms. The number of hydrogen-bond acceptors (Lipinski definition) is 4. The molecule has 0 aliphatic heterocycles. The van der Waals surface area contributed by atoms with Crippen LogP contribution in [0.2, 0.25) is 0 Å². The predicted molar refractivity (Wildman–Crippen MR) is 73.3 cm³/mol. The highest BCUT2D eigenvalue weighted by Gasteiger charge is 2.05. The van der Waals surface area contributed by atoms with Crippen LogP contribution in [0.3, 0.4) is 0 Å². The molecule has 4 heteroatoms. The molecule has 0 aliphatic carbocycles. The highest BCUT2D eigenvalue weighted by molar-refractivity contribution is 6.01. The molecule has 4 nitrogen and oxygen atoms in total. The van der Waals surface area contributed by atoms with E-state index in [2.05, 4.69) is 5.16 Å². The highest BCUT2D eigenvalue weighted by Crippen LogP contribution is 2.17. The second-order valence-electron chi connectivity index (χ2n) is 3.88. The topological polar surface area (TPSA) is 51.0 Å². The van der Waals surface area contributed by atoms with E-state index in [1.165, 1.54) is 0 Å². The van der Waals surface area contributed by atoms with Crippen LogP contribution in [0.1, 0.15) is 5.56 Å². The Morgan fingerprint density at radius 3 is 2.21 bits per heavy atom. The lowest BCUT2D eigenvalue weighted by Gasteiger charge is -2.08. The maximum atomic E-state index is 9.03. The van der Waals surface area contributed by atoms with Gasteiger partial charge in [0.15, 0.2) is 0 Å². The van der Waals surface area contributed by atoms with Crippen molar-refractivity contribution in [2.75, 3.05) is 13.7 Å². The Kier molecular flexibility index (Phi) is 4.39. The van der Waals surface area contributed by atoms with Crippen molar-refractivity contribution in [1.82, 2.24) is 0 Å². The molecule has 0 fully saturated rings. The third-order valence-electron chi connectivity index (χ3n) is 2.66. The van der Waals surface area contributed by atoms with E-state index in [4.69, 9.17) is 14.7 Å². The van der Waals surface area contributed by atoms with Crippen LogP contribution in [0.5, 0.6) is 11.5 Å². The number of nitrogens with zero attached hydrogens (tertiary/aromatic N) is 1. The van der Waals surface area contributed by atoms with Gasteiger partial charge in [0.2, 0.25) is 0 Å². The van der Waals surface area contributed by atoms with Crippen LogP contribution >= 0.6 is 0 Å². The van der Waals surface area contributed by atoms with E-state index >= 15 is 0 Å². The molecule has 2 aromatic carbocycles. The number of hydrogen-bond donors (Lipinski definition) is 1. The Balaban J connectivity index is 2.00. The quantitative estimate of drug-likeness (QED) is 0.509. The largest absolute Gasteiger partial charge is 0.497 e. The molecule has 2 rings (SSSR count). The summed E-state index contributed by atoms with van der Waals surface area (Å²) >= 11 is 0. The third-order valence-corrected chi connectivity index (χ3v) is 2.66. The second-order valence-corrected chi connectivity index (χ2v) is 3.88. The van der Waals surface area contributed by atoms with E-state index in [9.17, 15) is 0 Å². The SMILES string of the molecule is COc1ccc(OC/C(=N\O)c2ccccc2)cc1. The molecule has 0 saturated carbocycles. The average Bonchev–Trinajstić information content (AvgIpc) is 2.49. The van der Waals surface area contributed by atoms with E-state index in [0.717, 1.165) is 11.3 Å². The second kappa shape index (κ2) is 6.44. The molecule has 0 aromatic heterocycles. The molecular formula is C15H15NO3. The first-order valence-corrected chi connectivity index (χ1v) is 5.86. The molecule has 1 N–H and O–H groups in total. The first-order valence-electron chi connectivity index (χ1n) is 5.86. The van der Waals surface area contributed by atoms with Gasteiger partial charge in [0.05, 0.1) is 7.11 Å². The van der Waals surface area contributed by atoms with Crippen molar-refractivity contribution in [3.8, 4) is 11.5 Å². The van der Waals surface area contributed by atoms with Crippen LogP contribution < -0.4 is 9.47 Å². The maximum absolute atomic E-state index is 9.03. The van der Waals surface area contributed by atoms with Gasteiger partial charge in [-0.15, -0.1) is 0 Å². The van der Waals surface area contributed by atoms with Crippen molar-refractivity contribution < 1.29 is 14.7 Å². The molecule has 0 atom stereocenters. The van der Waals surface area contributed by atoms with E-state index in [-0.39, 0.29) is 6.61 Å². The van der Waals surface area contributed by atoms with Gasteiger partial charge in [0, 0.05) is 5.56 Å². The third kappa shape index (κ3) is 3.48.